The maximum Gasteiger partial charge on any atom is 0.387 e. The normalized spacial score (nSPS) is 12.4. The number of nitrogens with one attached hydrogen (secondary N) is 1. The predicted molar refractivity (Wildman–Crippen MR) is 87.7 cm³/mol. The van der Waals surface area contributed by atoms with E-state index in [1.165, 1.54) is 29.1 Å². The quantitative estimate of drug-likeness (QED) is 0.754. The number of aromatic amines is 1. The first-order chi connectivity index (χ1) is 12.3. The third-order valence-corrected chi connectivity index (χ3v) is 3.80. The second kappa shape index (κ2) is 7.03. The molecule has 9 heteroatoms. The molecule has 6 nitrogen and oxygen atoms in total. The van der Waals surface area contributed by atoms with Gasteiger partial charge in [-0.3, -0.25) is 9.48 Å². The summed E-state index contributed by atoms with van der Waals surface area (Å²) in [6.45, 7) is 0.353. The molecule has 0 aliphatic carbocycles. The van der Waals surface area contributed by atoms with E-state index in [4.69, 9.17) is 0 Å². The monoisotopic (exact) mass is 364 g/mol. The summed E-state index contributed by atoms with van der Waals surface area (Å²) in [5.74, 6) is -0.468. The van der Waals surface area contributed by atoms with Gasteiger partial charge in [-0.15, -0.1) is 0 Å². The third-order valence-electron chi connectivity index (χ3n) is 3.80. The van der Waals surface area contributed by atoms with Crippen molar-refractivity contribution < 1.29 is 17.9 Å². The molecule has 26 heavy (non-hydrogen) atoms. The van der Waals surface area contributed by atoms with Crippen LogP contribution in [0.2, 0.25) is 0 Å². The van der Waals surface area contributed by atoms with Crippen molar-refractivity contribution in [2.75, 3.05) is 0 Å². The number of rotatable bonds is 5. The Morgan fingerprint density at radius 3 is 2.69 bits per heavy atom. The lowest BCUT2D eigenvalue weighted by molar-refractivity contribution is -0.0500. The number of benzene rings is 1. The third kappa shape index (κ3) is 3.76. The van der Waals surface area contributed by atoms with Gasteiger partial charge < -0.3 is 9.72 Å². The number of H-pyrrole nitrogens is 1. The number of ether oxygens (including phenoxy) is 1. The summed E-state index contributed by atoms with van der Waals surface area (Å²) in [5.41, 5.74) is 1.03. The van der Waals surface area contributed by atoms with Gasteiger partial charge in [-0.1, -0.05) is 6.07 Å². The Hall–Kier alpha value is -3.10. The molecule has 3 rings (SSSR count). The second-order valence-corrected chi connectivity index (χ2v) is 5.66. The largest absolute Gasteiger partial charge is 0.435 e. The van der Waals surface area contributed by atoms with Gasteiger partial charge in [0.1, 0.15) is 17.4 Å². The molecular formula is C17H15F3N4O2. The first kappa shape index (κ1) is 17.7. The van der Waals surface area contributed by atoms with Crippen LogP contribution in [0.15, 0.2) is 41.5 Å². The van der Waals surface area contributed by atoms with Crippen LogP contribution in [0.25, 0.3) is 11.3 Å². The van der Waals surface area contributed by atoms with E-state index < -0.39 is 18.5 Å². The number of aromatic nitrogens is 4. The molecule has 0 unspecified atom stereocenters. The van der Waals surface area contributed by atoms with Crippen molar-refractivity contribution >= 4 is 0 Å². The molecule has 1 N–H and O–H groups in total. The summed E-state index contributed by atoms with van der Waals surface area (Å²) in [6, 6.07) is 4.38. The summed E-state index contributed by atoms with van der Waals surface area (Å²) >= 11 is 0. The van der Waals surface area contributed by atoms with Gasteiger partial charge in [0.05, 0.1) is 17.9 Å². The molecule has 3 aromatic rings. The molecule has 0 aliphatic heterocycles. The fourth-order valence-corrected chi connectivity index (χ4v) is 2.57. The predicted octanol–water partition coefficient (Wildman–Crippen LogP) is 3.29. The molecule has 0 saturated heterocycles. The molecule has 0 radical (unpaired) electrons. The zero-order valence-electron chi connectivity index (χ0n) is 13.9. The smallest absolute Gasteiger partial charge is 0.387 e. The molecular weight excluding hydrogens is 349 g/mol. The van der Waals surface area contributed by atoms with E-state index in [1.807, 2.05) is 0 Å². The summed E-state index contributed by atoms with van der Waals surface area (Å²) in [6.07, 6.45) is 3.15. The minimum atomic E-state index is -3.02. The Morgan fingerprint density at radius 2 is 2.04 bits per heavy atom. The van der Waals surface area contributed by atoms with Gasteiger partial charge in [0.25, 0.3) is 5.56 Å². The molecule has 0 spiro atoms. The lowest BCUT2D eigenvalue weighted by atomic mass is 10.1. The van der Waals surface area contributed by atoms with E-state index in [1.54, 1.807) is 20.0 Å². The number of hydrogen-bond donors (Lipinski definition) is 1. The fraction of sp³-hybridized carbons (Fsp3) is 0.235. The zero-order valence-corrected chi connectivity index (χ0v) is 13.9. The molecule has 0 amide bonds. The van der Waals surface area contributed by atoms with Crippen molar-refractivity contribution in [3.8, 4) is 17.0 Å². The van der Waals surface area contributed by atoms with Crippen LogP contribution >= 0.6 is 0 Å². The Balaban J connectivity index is 1.88. The number of aryl methyl sites for hydroxylation is 1. The number of nitrogens with zero attached hydrogens (tertiary/aromatic N) is 3. The number of hydrogen-bond acceptors (Lipinski definition) is 4. The summed E-state index contributed by atoms with van der Waals surface area (Å²) < 4.78 is 44.3. The summed E-state index contributed by atoms with van der Waals surface area (Å²) in [4.78, 5) is 18.4. The number of alkyl halides is 2. The van der Waals surface area contributed by atoms with Crippen LogP contribution in [0.3, 0.4) is 0 Å². The van der Waals surface area contributed by atoms with E-state index in [9.17, 15) is 18.0 Å². The van der Waals surface area contributed by atoms with Crippen LogP contribution < -0.4 is 10.3 Å². The fourth-order valence-electron chi connectivity index (χ4n) is 2.57. The molecule has 1 atom stereocenters. The SMILES string of the molecule is Cc1nc(-c2cnn([C@@H](C)c3ccc(OC(F)F)cc3F)c2)cc(=O)[nH]1. The standard InChI is InChI=1S/C17H15F3N4O2/c1-9(13-4-3-12(5-14(13)18)26-17(19)20)24-8-11(7-21-24)15-6-16(25)23-10(2)22-15/h3-9,17H,1-2H3,(H,22,23,25)/t9-/m0/s1. The highest BCUT2D eigenvalue weighted by Gasteiger charge is 2.16. The summed E-state index contributed by atoms with van der Waals surface area (Å²) in [5, 5.41) is 4.19. The summed E-state index contributed by atoms with van der Waals surface area (Å²) in [7, 11) is 0. The van der Waals surface area contributed by atoms with Gasteiger partial charge in [-0.05, 0) is 19.9 Å². The lowest BCUT2D eigenvalue weighted by Gasteiger charge is -2.14. The van der Waals surface area contributed by atoms with Gasteiger partial charge >= 0.3 is 6.61 Å². The Morgan fingerprint density at radius 1 is 1.27 bits per heavy atom. The molecule has 1 aromatic carbocycles. The van der Waals surface area contributed by atoms with Crippen molar-refractivity contribution in [2.45, 2.75) is 26.5 Å². The lowest BCUT2D eigenvalue weighted by Crippen LogP contribution is -2.10. The van der Waals surface area contributed by atoms with Gasteiger partial charge in [-0.25, -0.2) is 9.37 Å². The van der Waals surface area contributed by atoms with Crippen LogP contribution in [0.4, 0.5) is 13.2 Å². The Kier molecular flexibility index (Phi) is 4.79. The van der Waals surface area contributed by atoms with Crippen LogP contribution in [0.5, 0.6) is 5.75 Å². The van der Waals surface area contributed by atoms with E-state index >= 15 is 0 Å². The van der Waals surface area contributed by atoms with Gasteiger partial charge in [0.15, 0.2) is 0 Å². The Labute approximate surface area is 146 Å². The minimum absolute atomic E-state index is 0.252. The first-order valence-electron chi connectivity index (χ1n) is 7.70. The molecule has 2 aromatic heterocycles. The maximum absolute atomic E-state index is 14.2. The first-order valence-corrected chi connectivity index (χ1v) is 7.70. The van der Waals surface area contributed by atoms with Crippen molar-refractivity contribution in [2.24, 2.45) is 0 Å². The van der Waals surface area contributed by atoms with E-state index in [0.717, 1.165) is 6.07 Å². The van der Waals surface area contributed by atoms with Crippen LogP contribution in [-0.2, 0) is 0 Å². The molecule has 0 saturated carbocycles. The highest BCUT2D eigenvalue weighted by Crippen LogP contribution is 2.26. The highest BCUT2D eigenvalue weighted by atomic mass is 19.3. The maximum atomic E-state index is 14.2. The van der Waals surface area contributed by atoms with E-state index in [0.29, 0.717) is 17.1 Å². The van der Waals surface area contributed by atoms with Crippen LogP contribution in [-0.4, -0.2) is 26.4 Å². The molecule has 0 aliphatic rings. The Bertz CT molecular complexity index is 984. The van der Waals surface area contributed by atoms with Gasteiger partial charge in [0, 0.05) is 29.5 Å². The van der Waals surface area contributed by atoms with Crippen molar-refractivity contribution in [3.05, 3.63) is 64.2 Å². The second-order valence-electron chi connectivity index (χ2n) is 5.66. The molecule has 0 fully saturated rings. The van der Waals surface area contributed by atoms with Crippen LogP contribution in [0.1, 0.15) is 24.4 Å². The minimum Gasteiger partial charge on any atom is -0.435 e. The zero-order chi connectivity index (χ0) is 18.8. The van der Waals surface area contributed by atoms with Crippen molar-refractivity contribution in [3.63, 3.8) is 0 Å². The van der Waals surface area contributed by atoms with Crippen molar-refractivity contribution in [1.82, 2.24) is 19.7 Å². The molecule has 0 bridgehead atoms. The average molecular weight is 364 g/mol. The van der Waals surface area contributed by atoms with Crippen LogP contribution in [0, 0.1) is 12.7 Å². The average Bonchev–Trinajstić information content (AvgIpc) is 3.03. The highest BCUT2D eigenvalue weighted by molar-refractivity contribution is 5.56. The molecule has 136 valence electrons. The van der Waals surface area contributed by atoms with Crippen molar-refractivity contribution in [1.29, 1.82) is 0 Å². The van der Waals surface area contributed by atoms with E-state index in [2.05, 4.69) is 19.8 Å². The van der Waals surface area contributed by atoms with Gasteiger partial charge in [-0.2, -0.15) is 13.9 Å². The molecule has 2 heterocycles. The van der Waals surface area contributed by atoms with E-state index in [-0.39, 0.29) is 16.9 Å². The number of halogens is 3. The van der Waals surface area contributed by atoms with Gasteiger partial charge in [0.2, 0.25) is 0 Å². The topological polar surface area (TPSA) is 72.8 Å².